The van der Waals surface area contributed by atoms with Gasteiger partial charge in [0.05, 0.1) is 18.7 Å². The maximum absolute atomic E-state index is 12.4. The van der Waals surface area contributed by atoms with Gasteiger partial charge in [-0.25, -0.2) is 0 Å². The fourth-order valence-corrected chi connectivity index (χ4v) is 2.62. The number of hydrogen-bond acceptors (Lipinski definition) is 3. The summed E-state index contributed by atoms with van der Waals surface area (Å²) in [6, 6.07) is 10.5. The highest BCUT2D eigenvalue weighted by Crippen LogP contribution is 2.36. The van der Waals surface area contributed by atoms with Gasteiger partial charge in [-0.1, -0.05) is 33.6 Å². The van der Waals surface area contributed by atoms with Crippen LogP contribution in [0.25, 0.3) is 0 Å². The van der Waals surface area contributed by atoms with Crippen LogP contribution in [-0.4, -0.2) is 19.6 Å². The van der Waals surface area contributed by atoms with Crippen LogP contribution in [0.15, 0.2) is 40.9 Å². The summed E-state index contributed by atoms with van der Waals surface area (Å²) in [5.41, 5.74) is 1.08. The molecule has 0 bridgehead atoms. The Labute approximate surface area is 142 Å². The molecule has 0 aliphatic rings. The normalized spacial score (nSPS) is 10.2. The van der Waals surface area contributed by atoms with E-state index in [2.05, 4.69) is 21.2 Å². The molecule has 4 nitrogen and oxygen atoms in total. The Balaban J connectivity index is 2.29. The van der Waals surface area contributed by atoms with Gasteiger partial charge >= 0.3 is 0 Å². The number of anilines is 1. The number of halogens is 2. The van der Waals surface area contributed by atoms with E-state index >= 15 is 0 Å². The monoisotopic (exact) mass is 383 g/mol. The molecule has 0 aliphatic heterocycles. The molecule has 0 saturated heterocycles. The number of methoxy groups -OCH3 is 1. The molecule has 22 heavy (non-hydrogen) atoms. The summed E-state index contributed by atoms with van der Waals surface area (Å²) in [5, 5.41) is 3.14. The Hall–Kier alpha value is -1.72. The highest BCUT2D eigenvalue weighted by Gasteiger charge is 2.15. The zero-order valence-corrected chi connectivity index (χ0v) is 14.5. The minimum atomic E-state index is -0.274. The quantitative estimate of drug-likeness (QED) is 0.808. The van der Waals surface area contributed by atoms with Crippen LogP contribution in [0.1, 0.15) is 17.3 Å². The molecule has 0 unspecified atom stereocenters. The van der Waals surface area contributed by atoms with Crippen LogP contribution in [0.2, 0.25) is 5.02 Å². The van der Waals surface area contributed by atoms with E-state index in [9.17, 15) is 4.79 Å². The number of amides is 1. The van der Waals surface area contributed by atoms with E-state index in [0.717, 1.165) is 4.47 Å². The number of benzene rings is 2. The van der Waals surface area contributed by atoms with Crippen LogP contribution < -0.4 is 14.8 Å². The predicted molar refractivity (Wildman–Crippen MR) is 91.3 cm³/mol. The van der Waals surface area contributed by atoms with Gasteiger partial charge in [0.25, 0.3) is 5.91 Å². The summed E-state index contributed by atoms with van der Waals surface area (Å²) in [6.45, 7) is 2.30. The number of nitrogens with one attached hydrogen (secondary N) is 1. The Morgan fingerprint density at radius 2 is 2.09 bits per heavy atom. The van der Waals surface area contributed by atoms with Crippen LogP contribution in [0.3, 0.4) is 0 Å². The van der Waals surface area contributed by atoms with E-state index in [4.69, 9.17) is 21.1 Å². The van der Waals surface area contributed by atoms with Crippen molar-refractivity contribution in [3.05, 3.63) is 51.5 Å². The molecule has 0 saturated carbocycles. The second kappa shape index (κ2) is 7.51. The standard InChI is InChI=1S/C16H15BrClNO3/c1-3-22-14-8-10(7-13(18)15(14)21-2)16(20)19-12-6-4-5-11(17)9-12/h4-9H,3H2,1-2H3,(H,19,20). The molecule has 2 aromatic carbocycles. The average molecular weight is 385 g/mol. The number of carbonyl (C=O) groups is 1. The SMILES string of the molecule is CCOc1cc(C(=O)Nc2cccc(Br)c2)cc(Cl)c1OC. The first kappa shape index (κ1) is 16.6. The van der Waals surface area contributed by atoms with Gasteiger partial charge in [0, 0.05) is 15.7 Å². The molecular weight excluding hydrogens is 370 g/mol. The van der Waals surface area contributed by atoms with Crippen molar-refractivity contribution in [3.8, 4) is 11.5 Å². The van der Waals surface area contributed by atoms with Gasteiger partial charge in [-0.2, -0.15) is 0 Å². The molecule has 6 heteroatoms. The first-order valence-corrected chi connectivity index (χ1v) is 7.79. The Morgan fingerprint density at radius 1 is 1.32 bits per heavy atom. The molecule has 2 rings (SSSR count). The van der Waals surface area contributed by atoms with Gasteiger partial charge in [-0.15, -0.1) is 0 Å². The Morgan fingerprint density at radius 3 is 2.73 bits per heavy atom. The van der Waals surface area contributed by atoms with Crippen LogP contribution in [-0.2, 0) is 0 Å². The fourth-order valence-electron chi connectivity index (χ4n) is 1.93. The molecule has 0 fully saturated rings. The van der Waals surface area contributed by atoms with Gasteiger partial charge in [0.1, 0.15) is 0 Å². The Bertz CT molecular complexity index is 691. The second-order valence-electron chi connectivity index (χ2n) is 4.39. The first-order chi connectivity index (χ1) is 10.5. The first-order valence-electron chi connectivity index (χ1n) is 6.62. The predicted octanol–water partition coefficient (Wildman–Crippen LogP) is 4.76. The molecule has 0 radical (unpaired) electrons. The van der Waals surface area contributed by atoms with Gasteiger partial charge in [0.15, 0.2) is 11.5 Å². The lowest BCUT2D eigenvalue weighted by Crippen LogP contribution is -2.12. The van der Waals surface area contributed by atoms with Crippen molar-refractivity contribution in [2.75, 3.05) is 19.0 Å². The maximum Gasteiger partial charge on any atom is 0.255 e. The topological polar surface area (TPSA) is 47.6 Å². The average Bonchev–Trinajstić information content (AvgIpc) is 2.47. The Kier molecular flexibility index (Phi) is 5.69. The van der Waals surface area contributed by atoms with Gasteiger partial charge in [0.2, 0.25) is 0 Å². The summed E-state index contributed by atoms with van der Waals surface area (Å²) in [5.74, 6) is 0.586. The third kappa shape index (κ3) is 3.93. The summed E-state index contributed by atoms with van der Waals surface area (Å²) in [4.78, 5) is 12.4. The molecule has 0 aromatic heterocycles. The molecule has 0 heterocycles. The smallest absolute Gasteiger partial charge is 0.255 e. The van der Waals surface area contributed by atoms with E-state index in [-0.39, 0.29) is 5.91 Å². The lowest BCUT2D eigenvalue weighted by atomic mass is 10.1. The summed E-state index contributed by atoms with van der Waals surface area (Å²) in [6.07, 6.45) is 0. The van der Waals surface area contributed by atoms with E-state index < -0.39 is 0 Å². The van der Waals surface area contributed by atoms with Crippen LogP contribution in [0.4, 0.5) is 5.69 Å². The highest BCUT2D eigenvalue weighted by molar-refractivity contribution is 9.10. The van der Waals surface area contributed by atoms with E-state index in [1.165, 1.54) is 7.11 Å². The number of rotatable bonds is 5. The third-order valence-electron chi connectivity index (χ3n) is 2.86. The lowest BCUT2D eigenvalue weighted by molar-refractivity contribution is 0.102. The van der Waals surface area contributed by atoms with Gasteiger partial charge in [-0.3, -0.25) is 4.79 Å². The van der Waals surface area contributed by atoms with Crippen molar-refractivity contribution in [1.29, 1.82) is 0 Å². The van der Waals surface area contributed by atoms with Crippen molar-refractivity contribution < 1.29 is 14.3 Å². The molecule has 2 aromatic rings. The van der Waals surface area contributed by atoms with Crippen molar-refractivity contribution in [1.82, 2.24) is 0 Å². The molecular formula is C16H15BrClNO3. The zero-order valence-electron chi connectivity index (χ0n) is 12.2. The van der Waals surface area contributed by atoms with Crippen LogP contribution in [0, 0.1) is 0 Å². The maximum atomic E-state index is 12.4. The largest absolute Gasteiger partial charge is 0.491 e. The molecule has 0 atom stereocenters. The number of ether oxygens (including phenoxy) is 2. The van der Waals surface area contributed by atoms with Crippen molar-refractivity contribution in [2.24, 2.45) is 0 Å². The fraction of sp³-hybridized carbons (Fsp3) is 0.188. The molecule has 1 amide bonds. The van der Waals surface area contributed by atoms with E-state index in [1.807, 2.05) is 25.1 Å². The van der Waals surface area contributed by atoms with Crippen LogP contribution >= 0.6 is 27.5 Å². The van der Waals surface area contributed by atoms with Gasteiger partial charge < -0.3 is 14.8 Å². The second-order valence-corrected chi connectivity index (χ2v) is 5.71. The molecule has 1 N–H and O–H groups in total. The third-order valence-corrected chi connectivity index (χ3v) is 3.63. The van der Waals surface area contributed by atoms with Crippen molar-refractivity contribution >= 4 is 39.1 Å². The van der Waals surface area contributed by atoms with Gasteiger partial charge in [-0.05, 0) is 37.3 Å². The summed E-state index contributed by atoms with van der Waals surface area (Å²) >= 11 is 9.51. The summed E-state index contributed by atoms with van der Waals surface area (Å²) < 4.78 is 11.6. The molecule has 116 valence electrons. The van der Waals surface area contributed by atoms with Crippen molar-refractivity contribution in [2.45, 2.75) is 6.92 Å². The molecule has 0 aliphatic carbocycles. The minimum Gasteiger partial charge on any atom is -0.491 e. The molecule has 0 spiro atoms. The lowest BCUT2D eigenvalue weighted by Gasteiger charge is -2.13. The zero-order chi connectivity index (χ0) is 16.1. The highest BCUT2D eigenvalue weighted by atomic mass is 79.9. The van der Waals surface area contributed by atoms with E-state index in [1.54, 1.807) is 18.2 Å². The van der Waals surface area contributed by atoms with E-state index in [0.29, 0.717) is 34.4 Å². The number of carbonyl (C=O) groups excluding carboxylic acids is 1. The van der Waals surface area contributed by atoms with Crippen LogP contribution in [0.5, 0.6) is 11.5 Å². The summed E-state index contributed by atoms with van der Waals surface area (Å²) in [7, 11) is 1.50. The minimum absolute atomic E-state index is 0.274. The van der Waals surface area contributed by atoms with Crippen molar-refractivity contribution in [3.63, 3.8) is 0 Å². The number of hydrogen-bond donors (Lipinski definition) is 1.